The van der Waals surface area contributed by atoms with Crippen LogP contribution >= 0.6 is 0 Å². The summed E-state index contributed by atoms with van der Waals surface area (Å²) < 4.78 is 2.34. The largest absolute Gasteiger partial charge is 0.328 e. The second kappa shape index (κ2) is 4.58. The molecular formula is C12H19NSi. The smallest absolute Gasteiger partial charge is 0.140 e. The van der Waals surface area contributed by atoms with Crippen LogP contribution in [0.1, 0.15) is 12.5 Å². The highest BCUT2D eigenvalue weighted by Gasteiger charge is 2.09. The fourth-order valence-electron chi connectivity index (χ4n) is 1.36. The van der Waals surface area contributed by atoms with Crippen molar-refractivity contribution in [3.8, 4) is 0 Å². The molecule has 0 aliphatic carbocycles. The third-order valence-corrected chi connectivity index (χ3v) is 5.51. The standard InChI is InChI=1S/C12H19NSi/c1-10(2)11-7-6-8-12(9-11)14(5)13(3)4/h6-9,14H,1H2,2-5H3. The van der Waals surface area contributed by atoms with Crippen molar-refractivity contribution in [2.45, 2.75) is 13.5 Å². The molecule has 1 aromatic carbocycles. The van der Waals surface area contributed by atoms with Gasteiger partial charge in [-0.3, -0.25) is 0 Å². The first-order valence-electron chi connectivity index (χ1n) is 4.94. The minimum atomic E-state index is -0.911. The molecule has 0 saturated heterocycles. The maximum absolute atomic E-state index is 3.97. The van der Waals surface area contributed by atoms with E-state index in [9.17, 15) is 0 Å². The Hall–Kier alpha value is -0.863. The van der Waals surface area contributed by atoms with Crippen molar-refractivity contribution in [3.05, 3.63) is 36.4 Å². The van der Waals surface area contributed by atoms with Gasteiger partial charge in [-0.05, 0) is 31.8 Å². The van der Waals surface area contributed by atoms with Crippen LogP contribution in [0.25, 0.3) is 5.57 Å². The summed E-state index contributed by atoms with van der Waals surface area (Å²) in [6.45, 7) is 8.37. The van der Waals surface area contributed by atoms with Crippen LogP contribution in [0.5, 0.6) is 0 Å². The van der Waals surface area contributed by atoms with Crippen LogP contribution in [0, 0.1) is 0 Å². The summed E-state index contributed by atoms with van der Waals surface area (Å²) in [6.07, 6.45) is 0. The Morgan fingerprint density at radius 3 is 2.50 bits per heavy atom. The van der Waals surface area contributed by atoms with Crippen LogP contribution in [0.4, 0.5) is 0 Å². The van der Waals surface area contributed by atoms with Gasteiger partial charge in [0.25, 0.3) is 0 Å². The molecule has 0 aliphatic rings. The first kappa shape index (κ1) is 11.2. The average Bonchev–Trinajstić information content (AvgIpc) is 2.16. The SMILES string of the molecule is C=C(C)c1cccc([SiH](C)N(C)C)c1. The number of hydrogen-bond acceptors (Lipinski definition) is 1. The highest BCUT2D eigenvalue weighted by molar-refractivity contribution is 6.69. The first-order valence-corrected chi connectivity index (χ1v) is 7.19. The number of benzene rings is 1. The molecule has 0 amide bonds. The highest BCUT2D eigenvalue weighted by atomic mass is 28.3. The monoisotopic (exact) mass is 205 g/mol. The normalized spacial score (nSPS) is 12.9. The topological polar surface area (TPSA) is 3.24 Å². The molecule has 0 spiro atoms. The molecule has 0 saturated carbocycles. The Bertz CT molecular complexity index is 331. The number of nitrogens with zero attached hydrogens (tertiary/aromatic N) is 1. The van der Waals surface area contributed by atoms with Crippen molar-refractivity contribution in [3.63, 3.8) is 0 Å². The minimum absolute atomic E-state index is 0.911. The van der Waals surface area contributed by atoms with Crippen LogP contribution in [-0.4, -0.2) is 27.6 Å². The summed E-state index contributed by atoms with van der Waals surface area (Å²) in [5.41, 5.74) is 2.41. The van der Waals surface area contributed by atoms with E-state index in [1.165, 1.54) is 10.8 Å². The molecule has 0 radical (unpaired) electrons. The molecule has 2 heteroatoms. The van der Waals surface area contributed by atoms with Crippen molar-refractivity contribution in [2.24, 2.45) is 0 Å². The van der Waals surface area contributed by atoms with Gasteiger partial charge in [-0.15, -0.1) is 0 Å². The second-order valence-electron chi connectivity index (χ2n) is 4.05. The first-order chi connectivity index (χ1) is 6.52. The Kier molecular flexibility index (Phi) is 3.67. The molecule has 0 aromatic heterocycles. The molecule has 1 aromatic rings. The van der Waals surface area contributed by atoms with E-state index in [1.54, 1.807) is 0 Å². The summed E-state index contributed by atoms with van der Waals surface area (Å²) in [6, 6.07) is 8.76. The summed E-state index contributed by atoms with van der Waals surface area (Å²) in [5, 5.41) is 1.48. The molecule has 1 nitrogen and oxygen atoms in total. The van der Waals surface area contributed by atoms with Crippen molar-refractivity contribution in [1.29, 1.82) is 0 Å². The molecule has 0 fully saturated rings. The van der Waals surface area contributed by atoms with Gasteiger partial charge in [0, 0.05) is 0 Å². The maximum Gasteiger partial charge on any atom is 0.140 e. The quantitative estimate of drug-likeness (QED) is 0.681. The van der Waals surface area contributed by atoms with E-state index in [1.807, 2.05) is 0 Å². The van der Waals surface area contributed by atoms with Crippen LogP contribution in [0.2, 0.25) is 6.55 Å². The summed E-state index contributed by atoms with van der Waals surface area (Å²) in [7, 11) is 3.40. The van der Waals surface area contributed by atoms with E-state index in [2.05, 4.69) is 63.0 Å². The molecule has 0 heterocycles. The van der Waals surface area contributed by atoms with E-state index in [-0.39, 0.29) is 0 Å². The predicted octanol–water partition coefficient (Wildman–Crippen LogP) is 1.84. The zero-order chi connectivity index (χ0) is 10.7. The van der Waals surface area contributed by atoms with Crippen LogP contribution in [-0.2, 0) is 0 Å². The molecule has 76 valence electrons. The Balaban J connectivity index is 2.99. The minimum Gasteiger partial charge on any atom is -0.328 e. The number of hydrogen-bond donors (Lipinski definition) is 0. The zero-order valence-electron chi connectivity index (χ0n) is 9.54. The summed E-state index contributed by atoms with van der Waals surface area (Å²) >= 11 is 0. The third-order valence-electron chi connectivity index (χ3n) is 2.64. The van der Waals surface area contributed by atoms with Gasteiger partial charge in [-0.1, -0.05) is 43.0 Å². The van der Waals surface area contributed by atoms with E-state index >= 15 is 0 Å². The van der Waals surface area contributed by atoms with E-state index in [0.29, 0.717) is 0 Å². The van der Waals surface area contributed by atoms with Gasteiger partial charge >= 0.3 is 0 Å². The van der Waals surface area contributed by atoms with Crippen molar-refractivity contribution < 1.29 is 0 Å². The lowest BCUT2D eigenvalue weighted by Crippen LogP contribution is -2.41. The van der Waals surface area contributed by atoms with E-state index in [0.717, 1.165) is 5.57 Å². The molecule has 1 atom stereocenters. The van der Waals surface area contributed by atoms with Crippen LogP contribution in [0.15, 0.2) is 30.8 Å². The van der Waals surface area contributed by atoms with Gasteiger partial charge in [0.2, 0.25) is 0 Å². The van der Waals surface area contributed by atoms with Crippen molar-refractivity contribution in [2.75, 3.05) is 14.1 Å². The Labute approximate surface area is 88.7 Å². The van der Waals surface area contributed by atoms with Crippen molar-refractivity contribution >= 4 is 19.7 Å². The average molecular weight is 205 g/mol. The predicted molar refractivity (Wildman–Crippen MR) is 67.5 cm³/mol. The molecule has 0 aliphatic heterocycles. The lowest BCUT2D eigenvalue weighted by Gasteiger charge is -2.19. The molecular weight excluding hydrogens is 186 g/mol. The number of allylic oxidation sites excluding steroid dienone is 1. The molecule has 1 rings (SSSR count). The van der Waals surface area contributed by atoms with Gasteiger partial charge < -0.3 is 4.57 Å². The van der Waals surface area contributed by atoms with Gasteiger partial charge in [0.05, 0.1) is 0 Å². The fourth-order valence-corrected chi connectivity index (χ4v) is 2.77. The van der Waals surface area contributed by atoms with Crippen LogP contribution < -0.4 is 5.19 Å². The van der Waals surface area contributed by atoms with Gasteiger partial charge in [0.15, 0.2) is 0 Å². The van der Waals surface area contributed by atoms with Gasteiger partial charge in [-0.2, -0.15) is 0 Å². The van der Waals surface area contributed by atoms with E-state index < -0.39 is 8.96 Å². The summed E-state index contributed by atoms with van der Waals surface area (Å²) in [4.78, 5) is 0. The second-order valence-corrected chi connectivity index (χ2v) is 7.10. The fraction of sp³-hybridized carbons (Fsp3) is 0.333. The summed E-state index contributed by atoms with van der Waals surface area (Å²) in [5.74, 6) is 0. The molecule has 1 unspecified atom stereocenters. The third kappa shape index (κ3) is 2.56. The lowest BCUT2D eigenvalue weighted by molar-refractivity contribution is 0.653. The van der Waals surface area contributed by atoms with Gasteiger partial charge in [-0.25, -0.2) is 0 Å². The molecule has 0 bridgehead atoms. The zero-order valence-corrected chi connectivity index (χ0v) is 10.7. The van der Waals surface area contributed by atoms with Gasteiger partial charge in [0.1, 0.15) is 8.96 Å². The molecule has 14 heavy (non-hydrogen) atoms. The maximum atomic E-state index is 3.97. The Morgan fingerprint density at radius 1 is 1.36 bits per heavy atom. The lowest BCUT2D eigenvalue weighted by atomic mass is 10.1. The highest BCUT2D eigenvalue weighted by Crippen LogP contribution is 2.09. The number of rotatable bonds is 3. The Morgan fingerprint density at radius 2 is 2.00 bits per heavy atom. The molecule has 0 N–H and O–H groups in total. The van der Waals surface area contributed by atoms with Crippen LogP contribution in [0.3, 0.4) is 0 Å². The van der Waals surface area contributed by atoms with Crippen molar-refractivity contribution in [1.82, 2.24) is 4.57 Å². The van der Waals surface area contributed by atoms with E-state index in [4.69, 9.17) is 0 Å².